The molecule has 23 heavy (non-hydrogen) atoms. The highest BCUT2D eigenvalue weighted by atomic mass is 16.2. The zero-order valence-corrected chi connectivity index (χ0v) is 13.8. The fourth-order valence-corrected chi connectivity index (χ4v) is 2.87. The van der Waals surface area contributed by atoms with Crippen LogP contribution in [0.25, 0.3) is 0 Å². The van der Waals surface area contributed by atoms with Gasteiger partial charge in [0.1, 0.15) is 5.69 Å². The zero-order chi connectivity index (χ0) is 16.6. The maximum Gasteiger partial charge on any atom is 0.272 e. The number of hydrogen-bond acceptors (Lipinski definition) is 5. The molecule has 7 heteroatoms. The van der Waals surface area contributed by atoms with E-state index in [1.807, 2.05) is 18.7 Å². The normalized spacial score (nSPS) is 14.2. The molecule has 0 aromatic carbocycles. The highest BCUT2D eigenvalue weighted by Crippen LogP contribution is 2.22. The lowest BCUT2D eigenvalue weighted by atomic mass is 10.0. The SMILES string of the molecule is CCc1n[nH]c2c1CN(C(=O)c1cc(C(C)C)nc(N)n1)CC2. The fraction of sp³-hybridized carbons (Fsp3) is 0.500. The Hall–Kier alpha value is -2.44. The molecule has 0 radical (unpaired) electrons. The van der Waals surface area contributed by atoms with E-state index in [0.717, 1.165) is 35.5 Å². The van der Waals surface area contributed by atoms with Crippen LogP contribution in [0.4, 0.5) is 5.95 Å². The lowest BCUT2D eigenvalue weighted by Gasteiger charge is -2.27. The van der Waals surface area contributed by atoms with Gasteiger partial charge in [-0.25, -0.2) is 9.97 Å². The second kappa shape index (κ2) is 5.98. The van der Waals surface area contributed by atoms with Gasteiger partial charge in [-0.05, 0) is 18.4 Å². The van der Waals surface area contributed by atoms with Gasteiger partial charge in [0.05, 0.1) is 5.69 Å². The molecule has 3 heterocycles. The Labute approximate surface area is 135 Å². The maximum absolute atomic E-state index is 12.8. The molecule has 0 aliphatic carbocycles. The third-order valence-corrected chi connectivity index (χ3v) is 4.22. The lowest BCUT2D eigenvalue weighted by Crippen LogP contribution is -2.36. The number of hydrogen-bond donors (Lipinski definition) is 2. The number of fused-ring (bicyclic) bond motifs is 1. The molecule has 3 rings (SSSR count). The quantitative estimate of drug-likeness (QED) is 0.897. The summed E-state index contributed by atoms with van der Waals surface area (Å²) in [7, 11) is 0. The summed E-state index contributed by atoms with van der Waals surface area (Å²) in [5, 5.41) is 7.40. The number of nitrogens with one attached hydrogen (secondary N) is 1. The fourth-order valence-electron chi connectivity index (χ4n) is 2.87. The summed E-state index contributed by atoms with van der Waals surface area (Å²) >= 11 is 0. The van der Waals surface area contributed by atoms with Crippen molar-refractivity contribution in [3.63, 3.8) is 0 Å². The number of nitrogen functional groups attached to an aromatic ring is 1. The maximum atomic E-state index is 12.8. The molecule has 1 aliphatic heterocycles. The van der Waals surface area contributed by atoms with Crippen molar-refractivity contribution in [2.24, 2.45) is 0 Å². The van der Waals surface area contributed by atoms with Gasteiger partial charge in [0.25, 0.3) is 5.91 Å². The van der Waals surface area contributed by atoms with Gasteiger partial charge in [0.2, 0.25) is 5.95 Å². The van der Waals surface area contributed by atoms with Crippen molar-refractivity contribution in [2.45, 2.75) is 46.1 Å². The minimum Gasteiger partial charge on any atom is -0.368 e. The van der Waals surface area contributed by atoms with Gasteiger partial charge < -0.3 is 10.6 Å². The predicted molar refractivity (Wildman–Crippen MR) is 86.9 cm³/mol. The van der Waals surface area contributed by atoms with Crippen LogP contribution in [-0.4, -0.2) is 37.5 Å². The number of carbonyl (C=O) groups is 1. The monoisotopic (exact) mass is 314 g/mol. The van der Waals surface area contributed by atoms with E-state index in [2.05, 4.69) is 27.1 Å². The van der Waals surface area contributed by atoms with E-state index in [1.54, 1.807) is 6.07 Å². The zero-order valence-electron chi connectivity index (χ0n) is 13.8. The highest BCUT2D eigenvalue weighted by Gasteiger charge is 2.26. The molecule has 122 valence electrons. The Balaban J connectivity index is 1.87. The summed E-state index contributed by atoms with van der Waals surface area (Å²) in [5.74, 6) is 0.241. The number of nitrogens with two attached hydrogens (primary N) is 1. The number of amides is 1. The number of aryl methyl sites for hydroxylation is 1. The van der Waals surface area contributed by atoms with Crippen molar-refractivity contribution in [1.82, 2.24) is 25.1 Å². The molecule has 0 atom stereocenters. The van der Waals surface area contributed by atoms with E-state index >= 15 is 0 Å². The minimum atomic E-state index is -0.102. The summed E-state index contributed by atoms with van der Waals surface area (Å²) in [4.78, 5) is 22.9. The van der Waals surface area contributed by atoms with Crippen LogP contribution in [0.3, 0.4) is 0 Å². The van der Waals surface area contributed by atoms with Crippen LogP contribution < -0.4 is 5.73 Å². The number of carbonyl (C=O) groups excluding carboxylic acids is 1. The van der Waals surface area contributed by atoms with Crippen molar-refractivity contribution in [1.29, 1.82) is 0 Å². The van der Waals surface area contributed by atoms with Crippen molar-refractivity contribution in [3.05, 3.63) is 34.4 Å². The number of anilines is 1. The number of aromatic nitrogens is 4. The Morgan fingerprint density at radius 3 is 2.91 bits per heavy atom. The first-order valence-electron chi connectivity index (χ1n) is 7.98. The van der Waals surface area contributed by atoms with Crippen molar-refractivity contribution >= 4 is 11.9 Å². The van der Waals surface area contributed by atoms with Gasteiger partial charge in [-0.15, -0.1) is 0 Å². The average Bonchev–Trinajstić information content (AvgIpc) is 2.95. The Morgan fingerprint density at radius 1 is 1.43 bits per heavy atom. The van der Waals surface area contributed by atoms with E-state index in [-0.39, 0.29) is 17.8 Å². The second-order valence-corrected chi connectivity index (χ2v) is 6.15. The van der Waals surface area contributed by atoms with Gasteiger partial charge in [-0.3, -0.25) is 9.89 Å². The molecule has 0 bridgehead atoms. The van der Waals surface area contributed by atoms with E-state index in [1.165, 1.54) is 0 Å². The first kappa shape index (κ1) is 15.5. The number of aromatic amines is 1. The molecule has 0 unspecified atom stereocenters. The third-order valence-electron chi connectivity index (χ3n) is 4.22. The Bertz CT molecular complexity index is 723. The number of nitrogens with zero attached hydrogens (tertiary/aromatic N) is 4. The molecule has 1 aliphatic rings. The Morgan fingerprint density at radius 2 is 2.22 bits per heavy atom. The molecule has 3 N–H and O–H groups in total. The second-order valence-electron chi connectivity index (χ2n) is 6.15. The smallest absolute Gasteiger partial charge is 0.272 e. The summed E-state index contributed by atoms with van der Waals surface area (Å²) in [6, 6.07) is 1.75. The molecule has 1 amide bonds. The molecular weight excluding hydrogens is 292 g/mol. The summed E-state index contributed by atoms with van der Waals surface area (Å²) in [5.41, 5.74) is 10.2. The highest BCUT2D eigenvalue weighted by molar-refractivity contribution is 5.92. The van der Waals surface area contributed by atoms with Gasteiger partial charge in [-0.2, -0.15) is 5.10 Å². The molecule has 0 saturated heterocycles. The van der Waals surface area contributed by atoms with Gasteiger partial charge in [-0.1, -0.05) is 20.8 Å². The van der Waals surface area contributed by atoms with Crippen LogP contribution in [0.15, 0.2) is 6.07 Å². The van der Waals surface area contributed by atoms with E-state index in [0.29, 0.717) is 18.8 Å². The lowest BCUT2D eigenvalue weighted by molar-refractivity contribution is 0.0727. The molecule has 7 nitrogen and oxygen atoms in total. The summed E-state index contributed by atoms with van der Waals surface area (Å²) in [6.45, 7) is 7.31. The standard InChI is InChI=1S/C16H22N6O/c1-4-11-10-8-22(6-5-12(10)21-20-11)15(23)14-7-13(9(2)3)18-16(17)19-14/h7,9H,4-6,8H2,1-3H3,(H,20,21)(H2,17,18,19). The largest absolute Gasteiger partial charge is 0.368 e. The van der Waals surface area contributed by atoms with Gasteiger partial charge in [0.15, 0.2) is 0 Å². The van der Waals surface area contributed by atoms with Crippen LogP contribution in [0.5, 0.6) is 0 Å². The van der Waals surface area contributed by atoms with Crippen molar-refractivity contribution in [3.8, 4) is 0 Å². The van der Waals surface area contributed by atoms with Crippen LogP contribution in [0.2, 0.25) is 0 Å². The van der Waals surface area contributed by atoms with E-state index < -0.39 is 0 Å². The van der Waals surface area contributed by atoms with Crippen LogP contribution in [0.1, 0.15) is 59.8 Å². The average molecular weight is 314 g/mol. The van der Waals surface area contributed by atoms with E-state index in [9.17, 15) is 4.79 Å². The molecule has 2 aromatic heterocycles. The molecular formula is C16H22N6O. The van der Waals surface area contributed by atoms with Crippen molar-refractivity contribution < 1.29 is 4.79 Å². The minimum absolute atomic E-state index is 0.102. The number of H-pyrrole nitrogens is 1. The van der Waals surface area contributed by atoms with Crippen LogP contribution >= 0.6 is 0 Å². The first-order chi connectivity index (χ1) is 11.0. The Kier molecular flexibility index (Phi) is 4.02. The molecule has 0 saturated carbocycles. The third kappa shape index (κ3) is 2.91. The van der Waals surface area contributed by atoms with E-state index in [4.69, 9.17) is 5.73 Å². The van der Waals surface area contributed by atoms with Gasteiger partial charge in [0, 0.05) is 36.5 Å². The molecule has 0 spiro atoms. The van der Waals surface area contributed by atoms with Crippen LogP contribution in [0, 0.1) is 0 Å². The van der Waals surface area contributed by atoms with Gasteiger partial charge >= 0.3 is 0 Å². The number of rotatable bonds is 3. The van der Waals surface area contributed by atoms with Crippen molar-refractivity contribution in [2.75, 3.05) is 12.3 Å². The first-order valence-corrected chi connectivity index (χ1v) is 7.98. The van der Waals surface area contributed by atoms with Crippen LogP contribution in [-0.2, 0) is 19.4 Å². The summed E-state index contributed by atoms with van der Waals surface area (Å²) < 4.78 is 0. The topological polar surface area (TPSA) is 101 Å². The molecule has 2 aromatic rings. The molecule has 0 fully saturated rings. The predicted octanol–water partition coefficient (Wildman–Crippen LogP) is 1.67. The summed E-state index contributed by atoms with van der Waals surface area (Å²) in [6.07, 6.45) is 1.64.